The van der Waals surface area contributed by atoms with E-state index in [1.807, 2.05) is 0 Å². The van der Waals surface area contributed by atoms with Gasteiger partial charge in [-0.2, -0.15) is 13.2 Å². The number of carbonyl (C=O) groups excluding carboxylic acids is 1. The molecule has 1 aliphatic rings. The van der Waals surface area contributed by atoms with Crippen LogP contribution in [0, 0.1) is 5.92 Å². The summed E-state index contributed by atoms with van der Waals surface area (Å²) in [7, 11) is 1.43. The summed E-state index contributed by atoms with van der Waals surface area (Å²) in [6.45, 7) is 2.13. The highest BCUT2D eigenvalue weighted by Crippen LogP contribution is 2.23. The van der Waals surface area contributed by atoms with Crippen molar-refractivity contribution in [1.29, 1.82) is 0 Å². The number of alkyl halides is 3. The SMILES string of the molecule is COc1ccc([C@H](NCC2CCCNC2)OC(=O)C(F)(F)F)cn1. The number of nitrogens with zero attached hydrogens (tertiary/aromatic N) is 1. The lowest BCUT2D eigenvalue weighted by Gasteiger charge is -2.26. The van der Waals surface area contributed by atoms with Gasteiger partial charge in [0.2, 0.25) is 5.88 Å². The van der Waals surface area contributed by atoms with Gasteiger partial charge in [-0.05, 0) is 37.9 Å². The molecule has 0 radical (unpaired) electrons. The fourth-order valence-electron chi connectivity index (χ4n) is 2.44. The van der Waals surface area contributed by atoms with Gasteiger partial charge in [-0.3, -0.25) is 5.32 Å². The third kappa shape index (κ3) is 5.34. The summed E-state index contributed by atoms with van der Waals surface area (Å²) in [6, 6.07) is 3.00. The van der Waals surface area contributed by atoms with Crippen LogP contribution >= 0.6 is 0 Å². The highest BCUT2D eigenvalue weighted by atomic mass is 19.4. The Morgan fingerprint density at radius 2 is 2.29 bits per heavy atom. The van der Waals surface area contributed by atoms with Gasteiger partial charge in [0, 0.05) is 24.4 Å². The van der Waals surface area contributed by atoms with Crippen LogP contribution in [-0.2, 0) is 9.53 Å². The van der Waals surface area contributed by atoms with Gasteiger partial charge in [0.1, 0.15) is 0 Å². The maximum absolute atomic E-state index is 12.5. The Bertz CT molecular complexity index is 531. The maximum atomic E-state index is 12.5. The van der Waals surface area contributed by atoms with Crippen LogP contribution in [0.3, 0.4) is 0 Å². The van der Waals surface area contributed by atoms with Gasteiger partial charge in [-0.1, -0.05) is 0 Å². The smallest absolute Gasteiger partial charge is 0.481 e. The van der Waals surface area contributed by atoms with Gasteiger partial charge in [0.25, 0.3) is 0 Å². The first-order chi connectivity index (χ1) is 11.4. The topological polar surface area (TPSA) is 72.5 Å². The Morgan fingerprint density at radius 1 is 1.50 bits per heavy atom. The highest BCUT2D eigenvalue weighted by Gasteiger charge is 2.42. The first-order valence-electron chi connectivity index (χ1n) is 7.62. The van der Waals surface area contributed by atoms with Crippen molar-refractivity contribution < 1.29 is 27.4 Å². The van der Waals surface area contributed by atoms with E-state index in [9.17, 15) is 18.0 Å². The van der Waals surface area contributed by atoms with E-state index >= 15 is 0 Å². The number of ether oxygens (including phenoxy) is 2. The third-order valence-corrected chi connectivity index (χ3v) is 3.72. The monoisotopic (exact) mass is 347 g/mol. The number of methoxy groups -OCH3 is 1. The Hall–Kier alpha value is -1.87. The van der Waals surface area contributed by atoms with Crippen molar-refractivity contribution in [1.82, 2.24) is 15.6 Å². The van der Waals surface area contributed by atoms with Gasteiger partial charge in [0.15, 0.2) is 6.23 Å². The Balaban J connectivity index is 2.05. The van der Waals surface area contributed by atoms with Crippen LogP contribution in [0.5, 0.6) is 5.88 Å². The van der Waals surface area contributed by atoms with E-state index in [1.165, 1.54) is 25.4 Å². The molecule has 2 rings (SSSR count). The standard InChI is InChI=1S/C15H20F3N3O3/c1-23-12-5-4-11(9-20-12)13(24-14(22)15(16,17)18)21-8-10-3-2-6-19-7-10/h4-5,9-10,13,19,21H,2-3,6-8H2,1H3/t10?,13-/m1/s1. The summed E-state index contributed by atoms with van der Waals surface area (Å²) in [5.41, 5.74) is 0.317. The number of hydrogen-bond acceptors (Lipinski definition) is 6. The molecule has 1 aromatic heterocycles. The predicted molar refractivity (Wildman–Crippen MR) is 79.3 cm³/mol. The lowest BCUT2D eigenvalue weighted by atomic mass is 9.99. The number of hydrogen-bond donors (Lipinski definition) is 2. The van der Waals surface area contributed by atoms with E-state index in [-0.39, 0.29) is 5.92 Å². The summed E-state index contributed by atoms with van der Waals surface area (Å²) in [5.74, 6) is -1.66. The number of pyridine rings is 1. The average molecular weight is 347 g/mol. The Kier molecular flexibility index (Phi) is 6.38. The van der Waals surface area contributed by atoms with Crippen molar-refractivity contribution in [2.75, 3.05) is 26.7 Å². The van der Waals surface area contributed by atoms with E-state index < -0.39 is 18.4 Å². The highest BCUT2D eigenvalue weighted by molar-refractivity contribution is 5.75. The van der Waals surface area contributed by atoms with Gasteiger partial charge < -0.3 is 14.8 Å². The molecule has 0 spiro atoms. The number of aromatic nitrogens is 1. The summed E-state index contributed by atoms with van der Waals surface area (Å²) in [6.07, 6.45) is -2.99. The molecule has 1 unspecified atom stereocenters. The number of halogens is 3. The molecule has 2 heterocycles. The lowest BCUT2D eigenvalue weighted by molar-refractivity contribution is -0.207. The van der Waals surface area contributed by atoms with Gasteiger partial charge >= 0.3 is 12.1 Å². The largest absolute Gasteiger partial charge is 0.490 e. The van der Waals surface area contributed by atoms with Gasteiger partial charge in [-0.25, -0.2) is 9.78 Å². The molecule has 0 aromatic carbocycles. The molecule has 0 bridgehead atoms. The molecule has 0 amide bonds. The average Bonchev–Trinajstić information content (AvgIpc) is 2.58. The Morgan fingerprint density at radius 3 is 2.83 bits per heavy atom. The van der Waals surface area contributed by atoms with E-state index in [0.29, 0.717) is 18.0 Å². The van der Waals surface area contributed by atoms with Crippen molar-refractivity contribution in [3.63, 3.8) is 0 Å². The van der Waals surface area contributed by atoms with Gasteiger partial charge in [0.05, 0.1) is 7.11 Å². The van der Waals surface area contributed by atoms with E-state index in [0.717, 1.165) is 25.9 Å². The zero-order chi connectivity index (χ0) is 17.6. The van der Waals surface area contributed by atoms with Crippen LogP contribution in [0.4, 0.5) is 13.2 Å². The molecule has 24 heavy (non-hydrogen) atoms. The summed E-state index contributed by atoms with van der Waals surface area (Å²) in [4.78, 5) is 15.1. The van der Waals surface area contributed by atoms with E-state index in [4.69, 9.17) is 4.74 Å². The second-order valence-corrected chi connectivity index (χ2v) is 5.54. The first-order valence-corrected chi connectivity index (χ1v) is 7.62. The van der Waals surface area contributed by atoms with E-state index in [2.05, 4.69) is 20.4 Å². The number of esters is 1. The van der Waals surface area contributed by atoms with Crippen LogP contribution in [0.1, 0.15) is 24.6 Å². The van der Waals surface area contributed by atoms with Crippen molar-refractivity contribution in [2.24, 2.45) is 5.92 Å². The predicted octanol–water partition coefficient (Wildman–Crippen LogP) is 1.78. The normalized spacial score (nSPS) is 19.6. The third-order valence-electron chi connectivity index (χ3n) is 3.72. The van der Waals surface area contributed by atoms with Crippen molar-refractivity contribution >= 4 is 5.97 Å². The molecule has 0 aliphatic carbocycles. The molecule has 1 aromatic rings. The molecule has 2 atom stereocenters. The molecule has 134 valence electrons. The molecular formula is C15H20F3N3O3. The number of nitrogens with one attached hydrogen (secondary N) is 2. The zero-order valence-corrected chi connectivity index (χ0v) is 13.2. The van der Waals surface area contributed by atoms with Crippen LogP contribution in [0.15, 0.2) is 18.3 Å². The number of piperidine rings is 1. The molecule has 9 heteroatoms. The van der Waals surface area contributed by atoms with Gasteiger partial charge in [-0.15, -0.1) is 0 Å². The second kappa shape index (κ2) is 8.29. The Labute approximate surface area is 137 Å². The van der Waals surface area contributed by atoms with Crippen LogP contribution in [0.25, 0.3) is 0 Å². The van der Waals surface area contributed by atoms with E-state index in [1.54, 1.807) is 0 Å². The fraction of sp³-hybridized carbons (Fsp3) is 0.600. The summed E-state index contributed by atoms with van der Waals surface area (Å²) < 4.78 is 47.0. The van der Waals surface area contributed by atoms with Crippen molar-refractivity contribution in [3.8, 4) is 5.88 Å². The summed E-state index contributed by atoms with van der Waals surface area (Å²) >= 11 is 0. The minimum absolute atomic E-state index is 0.261. The first kappa shape index (κ1) is 18.5. The number of carbonyl (C=O) groups is 1. The van der Waals surface area contributed by atoms with Crippen LogP contribution in [0.2, 0.25) is 0 Å². The maximum Gasteiger partial charge on any atom is 0.490 e. The molecular weight excluding hydrogens is 327 g/mol. The summed E-state index contributed by atoms with van der Waals surface area (Å²) in [5, 5.41) is 6.10. The molecule has 0 saturated carbocycles. The lowest BCUT2D eigenvalue weighted by Crippen LogP contribution is -2.39. The van der Waals surface area contributed by atoms with Crippen molar-refractivity contribution in [2.45, 2.75) is 25.2 Å². The fourth-order valence-corrected chi connectivity index (χ4v) is 2.44. The van der Waals surface area contributed by atoms with Crippen LogP contribution in [-0.4, -0.2) is 43.9 Å². The molecule has 1 aliphatic heterocycles. The second-order valence-electron chi connectivity index (χ2n) is 5.54. The number of rotatable bonds is 6. The van der Waals surface area contributed by atoms with Crippen molar-refractivity contribution in [3.05, 3.63) is 23.9 Å². The quantitative estimate of drug-likeness (QED) is 0.604. The molecule has 1 fully saturated rings. The zero-order valence-electron chi connectivity index (χ0n) is 13.2. The molecule has 2 N–H and O–H groups in total. The molecule has 6 nitrogen and oxygen atoms in total. The minimum Gasteiger partial charge on any atom is -0.481 e. The molecule has 1 saturated heterocycles. The van der Waals surface area contributed by atoms with Crippen LogP contribution < -0.4 is 15.4 Å². The minimum atomic E-state index is -5.05.